The molecule has 0 bridgehead atoms. The zero-order valence-electron chi connectivity index (χ0n) is 17.9. The fourth-order valence-corrected chi connectivity index (χ4v) is 4.10. The van der Waals surface area contributed by atoms with Gasteiger partial charge in [-0.3, -0.25) is 4.57 Å². The molecule has 1 saturated carbocycles. The predicted octanol–water partition coefficient (Wildman–Crippen LogP) is 3.18. The van der Waals surface area contributed by atoms with Crippen LogP contribution in [-0.4, -0.2) is 74.3 Å². The second-order valence-corrected chi connectivity index (χ2v) is 8.38. The van der Waals surface area contributed by atoms with Crippen molar-refractivity contribution in [1.29, 1.82) is 0 Å². The lowest BCUT2D eigenvalue weighted by Crippen LogP contribution is -2.43. The number of likely N-dealkylation sites (N-methyl/N-ethyl adjacent to an activating group) is 1. The highest BCUT2D eigenvalue weighted by molar-refractivity contribution is 5.94. The number of methoxy groups -OCH3 is 1. The fraction of sp³-hybridized carbons (Fsp3) is 0.591. The third-order valence-corrected chi connectivity index (χ3v) is 5.90. The Balaban J connectivity index is 1.78. The second kappa shape index (κ2) is 8.97. The van der Waals surface area contributed by atoms with E-state index in [-0.39, 0.29) is 12.1 Å². The van der Waals surface area contributed by atoms with Crippen molar-refractivity contribution in [2.45, 2.75) is 44.2 Å². The molecular formula is C22H34N4O2. The molecule has 1 heterocycles. The van der Waals surface area contributed by atoms with Crippen LogP contribution in [-0.2, 0) is 6.42 Å². The van der Waals surface area contributed by atoms with E-state index in [9.17, 15) is 4.79 Å². The topological polar surface area (TPSA) is 49.7 Å². The molecule has 1 aliphatic rings. The van der Waals surface area contributed by atoms with Crippen LogP contribution < -0.4 is 10.1 Å². The first-order valence-corrected chi connectivity index (χ1v) is 10.2. The summed E-state index contributed by atoms with van der Waals surface area (Å²) in [5.41, 5.74) is 2.11. The van der Waals surface area contributed by atoms with Crippen LogP contribution in [0.5, 0.6) is 5.75 Å². The summed E-state index contributed by atoms with van der Waals surface area (Å²) in [7, 11) is 10.1. The molecule has 6 heteroatoms. The number of amides is 1. The van der Waals surface area contributed by atoms with E-state index in [1.807, 2.05) is 24.4 Å². The molecule has 154 valence electrons. The van der Waals surface area contributed by atoms with Crippen LogP contribution in [0.15, 0.2) is 24.4 Å². The predicted molar refractivity (Wildman–Crippen MR) is 114 cm³/mol. The van der Waals surface area contributed by atoms with Crippen molar-refractivity contribution in [2.24, 2.45) is 0 Å². The zero-order chi connectivity index (χ0) is 20.3. The number of carbonyl (C=O) groups excluding carboxylic acids is 1. The molecule has 2 aromatic rings. The highest BCUT2D eigenvalue weighted by Gasteiger charge is 2.24. The summed E-state index contributed by atoms with van der Waals surface area (Å²) in [5.74, 6) is 0.818. The summed E-state index contributed by atoms with van der Waals surface area (Å²) in [5, 5.41) is 4.35. The Morgan fingerprint density at radius 2 is 1.89 bits per heavy atom. The third-order valence-electron chi connectivity index (χ3n) is 5.90. The molecule has 28 heavy (non-hydrogen) atoms. The van der Waals surface area contributed by atoms with E-state index < -0.39 is 0 Å². The van der Waals surface area contributed by atoms with Crippen molar-refractivity contribution in [2.75, 3.05) is 41.8 Å². The van der Waals surface area contributed by atoms with Gasteiger partial charge in [0.1, 0.15) is 5.75 Å². The molecule has 0 unspecified atom stereocenters. The van der Waals surface area contributed by atoms with E-state index in [2.05, 4.69) is 43.3 Å². The number of fused-ring (bicyclic) bond motifs is 1. The minimum atomic E-state index is -0.0282. The average Bonchev–Trinajstić information content (AvgIpc) is 3.04. The Labute approximate surface area is 168 Å². The maximum Gasteiger partial charge on any atom is 0.326 e. The van der Waals surface area contributed by atoms with Crippen molar-refractivity contribution < 1.29 is 9.53 Å². The third kappa shape index (κ3) is 4.67. The van der Waals surface area contributed by atoms with Gasteiger partial charge < -0.3 is 19.9 Å². The molecule has 0 aliphatic heterocycles. The molecule has 6 nitrogen and oxygen atoms in total. The lowest BCUT2D eigenvalue weighted by molar-refractivity contribution is 0.199. The molecule has 1 N–H and O–H groups in total. The van der Waals surface area contributed by atoms with Gasteiger partial charge in [0.2, 0.25) is 0 Å². The van der Waals surface area contributed by atoms with Crippen molar-refractivity contribution >= 4 is 16.9 Å². The Hall–Kier alpha value is -2.05. The van der Waals surface area contributed by atoms with E-state index in [0.717, 1.165) is 55.3 Å². The molecule has 3 rings (SSSR count). The van der Waals surface area contributed by atoms with E-state index in [0.29, 0.717) is 6.04 Å². The molecule has 1 fully saturated rings. The lowest BCUT2D eigenvalue weighted by Gasteiger charge is -2.32. The standard InChI is InChI=1S/C22H34N4O2/c1-24(2)13-12-16-15-26(21-11-10-19(28-5)14-20(16)21)22(27)23-17-6-8-18(9-7-17)25(3)4/h10-11,14-15,17-18H,6-9,12-13H2,1-5H3,(H,23,27). The maximum atomic E-state index is 13.0. The van der Waals surface area contributed by atoms with Gasteiger partial charge in [0, 0.05) is 30.2 Å². The minimum absolute atomic E-state index is 0.0282. The highest BCUT2D eigenvalue weighted by atomic mass is 16.5. The van der Waals surface area contributed by atoms with Gasteiger partial charge in [-0.05, 0) is 84.1 Å². The summed E-state index contributed by atoms with van der Waals surface area (Å²) in [6.45, 7) is 0.937. The van der Waals surface area contributed by atoms with Crippen LogP contribution in [0.2, 0.25) is 0 Å². The van der Waals surface area contributed by atoms with E-state index in [1.54, 1.807) is 11.7 Å². The van der Waals surface area contributed by atoms with Crippen molar-refractivity contribution in [1.82, 2.24) is 19.7 Å². The number of hydrogen-bond acceptors (Lipinski definition) is 4. The van der Waals surface area contributed by atoms with E-state index in [1.165, 1.54) is 5.56 Å². The Morgan fingerprint density at radius 3 is 2.50 bits per heavy atom. The molecule has 0 spiro atoms. The summed E-state index contributed by atoms with van der Waals surface area (Å²) in [4.78, 5) is 17.5. The number of carbonyl (C=O) groups is 1. The number of ether oxygens (including phenoxy) is 1. The van der Waals surface area contributed by atoms with Crippen LogP contribution in [0.3, 0.4) is 0 Å². The Bertz CT molecular complexity index is 804. The molecule has 0 atom stereocenters. The van der Waals surface area contributed by atoms with Gasteiger partial charge in [0.15, 0.2) is 0 Å². The zero-order valence-corrected chi connectivity index (χ0v) is 17.9. The van der Waals surface area contributed by atoms with Gasteiger partial charge in [-0.15, -0.1) is 0 Å². The molecule has 0 saturated heterocycles. The minimum Gasteiger partial charge on any atom is -0.497 e. The number of benzene rings is 1. The van der Waals surface area contributed by atoms with Gasteiger partial charge in [-0.1, -0.05) is 0 Å². The van der Waals surface area contributed by atoms with Gasteiger partial charge in [-0.25, -0.2) is 4.79 Å². The monoisotopic (exact) mass is 386 g/mol. The fourth-order valence-electron chi connectivity index (χ4n) is 4.10. The summed E-state index contributed by atoms with van der Waals surface area (Å²) >= 11 is 0. The smallest absolute Gasteiger partial charge is 0.326 e. The van der Waals surface area contributed by atoms with Crippen LogP contribution in [0.4, 0.5) is 4.79 Å². The first-order chi connectivity index (χ1) is 13.4. The van der Waals surface area contributed by atoms with Crippen molar-refractivity contribution in [3.63, 3.8) is 0 Å². The Kier molecular flexibility index (Phi) is 6.62. The van der Waals surface area contributed by atoms with E-state index >= 15 is 0 Å². The number of hydrogen-bond donors (Lipinski definition) is 1. The van der Waals surface area contributed by atoms with Gasteiger partial charge >= 0.3 is 6.03 Å². The average molecular weight is 387 g/mol. The molecule has 1 aromatic heterocycles. The Morgan fingerprint density at radius 1 is 1.18 bits per heavy atom. The van der Waals surface area contributed by atoms with Crippen LogP contribution in [0, 0.1) is 0 Å². The SMILES string of the molecule is COc1ccc2c(c1)c(CCN(C)C)cn2C(=O)NC1CCC(N(C)C)CC1. The van der Waals surface area contributed by atoms with Crippen LogP contribution in [0.25, 0.3) is 10.9 Å². The maximum absolute atomic E-state index is 13.0. The first kappa shape index (κ1) is 20.7. The molecule has 1 aromatic carbocycles. The summed E-state index contributed by atoms with van der Waals surface area (Å²) in [6.07, 6.45) is 7.23. The molecule has 0 radical (unpaired) electrons. The highest BCUT2D eigenvalue weighted by Crippen LogP contribution is 2.27. The van der Waals surface area contributed by atoms with Gasteiger partial charge in [0.05, 0.1) is 12.6 Å². The van der Waals surface area contributed by atoms with Crippen molar-refractivity contribution in [3.8, 4) is 5.75 Å². The summed E-state index contributed by atoms with van der Waals surface area (Å²) in [6, 6.07) is 6.79. The normalized spacial score (nSPS) is 20.1. The number of nitrogens with zero attached hydrogens (tertiary/aromatic N) is 3. The quantitative estimate of drug-likeness (QED) is 0.828. The van der Waals surface area contributed by atoms with Crippen LogP contribution >= 0.6 is 0 Å². The number of aromatic nitrogens is 1. The number of rotatable bonds is 6. The molecule has 1 aliphatic carbocycles. The lowest BCUT2D eigenvalue weighted by atomic mass is 9.91. The largest absolute Gasteiger partial charge is 0.497 e. The number of nitrogens with one attached hydrogen (secondary N) is 1. The van der Waals surface area contributed by atoms with Gasteiger partial charge in [-0.2, -0.15) is 0 Å². The van der Waals surface area contributed by atoms with Crippen LogP contribution in [0.1, 0.15) is 31.2 Å². The van der Waals surface area contributed by atoms with Crippen molar-refractivity contribution in [3.05, 3.63) is 30.0 Å². The molecular weight excluding hydrogens is 352 g/mol. The van der Waals surface area contributed by atoms with E-state index in [4.69, 9.17) is 4.74 Å². The second-order valence-electron chi connectivity index (χ2n) is 8.38. The van der Waals surface area contributed by atoms with Gasteiger partial charge in [0.25, 0.3) is 0 Å². The molecule has 1 amide bonds. The summed E-state index contributed by atoms with van der Waals surface area (Å²) < 4.78 is 7.17. The first-order valence-electron chi connectivity index (χ1n) is 10.2.